The molecular weight excluding hydrogens is 374 g/mol. The molecule has 6 heteroatoms. The zero-order valence-corrected chi connectivity index (χ0v) is 17.3. The van der Waals surface area contributed by atoms with Gasteiger partial charge < -0.3 is 11.5 Å². The van der Waals surface area contributed by atoms with E-state index in [4.69, 9.17) is 11.5 Å². The minimum Gasteiger partial charge on any atom is -0.313 e. The molecule has 4 N–H and O–H groups in total. The molecule has 2 rings (SSSR count). The Kier molecular flexibility index (Phi) is 6.40. The Bertz CT molecular complexity index is 825. The molecule has 4 nitrogen and oxygen atoms in total. The van der Waals surface area contributed by atoms with Gasteiger partial charge in [0.15, 0.2) is 11.6 Å². The van der Waals surface area contributed by atoms with E-state index in [9.17, 15) is 18.4 Å². The van der Waals surface area contributed by atoms with Gasteiger partial charge in [-0.05, 0) is 61.9 Å². The first-order chi connectivity index (χ1) is 13.4. The van der Waals surface area contributed by atoms with Crippen molar-refractivity contribution < 1.29 is 18.4 Å². The largest absolute Gasteiger partial charge is 0.313 e. The van der Waals surface area contributed by atoms with E-state index in [0.29, 0.717) is 6.42 Å². The van der Waals surface area contributed by atoms with E-state index < -0.39 is 39.7 Å². The summed E-state index contributed by atoms with van der Waals surface area (Å²) in [5.41, 5.74) is 8.69. The number of benzene rings is 2. The lowest BCUT2D eigenvalue weighted by Gasteiger charge is -2.51. The zero-order chi connectivity index (χ0) is 22.0. The Hall–Kier alpha value is -2.44. The summed E-state index contributed by atoms with van der Waals surface area (Å²) in [6.07, 6.45) is 0.676. The standard InChI is InChI=1S/C23H28F2N2O2/c1-5-14-23(21(2,3)22(4,26)27,19(28)15-6-10-17(24)11-7-15)20(29)16-8-12-18(25)13-9-16/h6-13H,5,14,26-27H2,1-4H3. The molecule has 0 aliphatic carbocycles. The highest BCUT2D eigenvalue weighted by molar-refractivity contribution is 6.20. The van der Waals surface area contributed by atoms with Crippen molar-refractivity contribution in [3.63, 3.8) is 0 Å². The summed E-state index contributed by atoms with van der Waals surface area (Å²) in [6, 6.07) is 10.1. The zero-order valence-electron chi connectivity index (χ0n) is 17.3. The Morgan fingerprint density at radius 1 is 0.793 bits per heavy atom. The quantitative estimate of drug-likeness (QED) is 0.387. The summed E-state index contributed by atoms with van der Waals surface area (Å²) < 4.78 is 26.9. The summed E-state index contributed by atoms with van der Waals surface area (Å²) in [5.74, 6) is -1.95. The van der Waals surface area contributed by atoms with Gasteiger partial charge >= 0.3 is 0 Å². The molecule has 0 aliphatic rings. The monoisotopic (exact) mass is 402 g/mol. The fourth-order valence-corrected chi connectivity index (χ4v) is 3.74. The maximum absolute atomic E-state index is 13.8. The average molecular weight is 402 g/mol. The van der Waals surface area contributed by atoms with Gasteiger partial charge in [0, 0.05) is 16.5 Å². The van der Waals surface area contributed by atoms with E-state index in [2.05, 4.69) is 0 Å². The molecule has 0 amide bonds. The molecule has 2 aromatic carbocycles. The van der Waals surface area contributed by atoms with Crippen LogP contribution in [-0.4, -0.2) is 17.2 Å². The van der Waals surface area contributed by atoms with Gasteiger partial charge in [-0.2, -0.15) is 0 Å². The highest BCUT2D eigenvalue weighted by Gasteiger charge is 2.60. The molecule has 0 saturated carbocycles. The van der Waals surface area contributed by atoms with Gasteiger partial charge in [0.05, 0.1) is 5.66 Å². The molecule has 0 radical (unpaired) electrons. The Balaban J connectivity index is 2.80. The normalized spacial score (nSPS) is 12.7. The number of hydrogen-bond donors (Lipinski definition) is 2. The van der Waals surface area contributed by atoms with Crippen molar-refractivity contribution in [2.45, 2.75) is 46.2 Å². The predicted molar refractivity (Wildman–Crippen MR) is 109 cm³/mol. The summed E-state index contributed by atoms with van der Waals surface area (Å²) >= 11 is 0. The van der Waals surface area contributed by atoms with Crippen LogP contribution in [0.5, 0.6) is 0 Å². The average Bonchev–Trinajstić information content (AvgIpc) is 2.65. The molecule has 0 unspecified atom stereocenters. The molecule has 0 bridgehead atoms. The van der Waals surface area contributed by atoms with Gasteiger partial charge in [-0.15, -0.1) is 0 Å². The molecule has 0 aliphatic heterocycles. The smallest absolute Gasteiger partial charge is 0.177 e. The number of carbonyl (C=O) groups excluding carboxylic acids is 2. The van der Waals surface area contributed by atoms with Gasteiger partial charge in [0.2, 0.25) is 0 Å². The summed E-state index contributed by atoms with van der Waals surface area (Å²) in [6.45, 7) is 6.79. The number of nitrogens with two attached hydrogens (primary N) is 2. The van der Waals surface area contributed by atoms with Crippen LogP contribution in [0.15, 0.2) is 48.5 Å². The van der Waals surface area contributed by atoms with E-state index in [-0.39, 0.29) is 17.5 Å². The Morgan fingerprint density at radius 2 is 1.14 bits per heavy atom. The summed E-state index contributed by atoms with van der Waals surface area (Å²) in [4.78, 5) is 27.6. The van der Waals surface area contributed by atoms with Gasteiger partial charge in [-0.3, -0.25) is 9.59 Å². The highest BCUT2D eigenvalue weighted by Crippen LogP contribution is 2.51. The first kappa shape index (κ1) is 22.8. The van der Waals surface area contributed by atoms with Crippen molar-refractivity contribution in [3.05, 3.63) is 71.3 Å². The lowest BCUT2D eigenvalue weighted by atomic mass is 9.52. The van der Waals surface area contributed by atoms with Crippen LogP contribution in [0.2, 0.25) is 0 Å². The predicted octanol–water partition coefficient (Wildman–Crippen LogP) is 4.48. The third kappa shape index (κ3) is 4.00. The van der Waals surface area contributed by atoms with E-state index in [0.717, 1.165) is 0 Å². The van der Waals surface area contributed by atoms with Crippen molar-refractivity contribution in [2.24, 2.45) is 22.3 Å². The van der Waals surface area contributed by atoms with Crippen molar-refractivity contribution in [2.75, 3.05) is 0 Å². The van der Waals surface area contributed by atoms with Crippen molar-refractivity contribution in [3.8, 4) is 0 Å². The van der Waals surface area contributed by atoms with Crippen LogP contribution in [0.3, 0.4) is 0 Å². The topological polar surface area (TPSA) is 86.2 Å². The lowest BCUT2D eigenvalue weighted by Crippen LogP contribution is -2.68. The maximum Gasteiger partial charge on any atom is 0.177 e. The highest BCUT2D eigenvalue weighted by atomic mass is 19.1. The van der Waals surface area contributed by atoms with Gasteiger partial charge in [0.1, 0.15) is 17.0 Å². The summed E-state index contributed by atoms with van der Waals surface area (Å²) in [5, 5.41) is 0. The molecule has 0 spiro atoms. The van der Waals surface area contributed by atoms with Crippen LogP contribution in [0.4, 0.5) is 8.78 Å². The fraction of sp³-hybridized carbons (Fsp3) is 0.391. The van der Waals surface area contributed by atoms with Crippen LogP contribution in [0, 0.1) is 22.5 Å². The van der Waals surface area contributed by atoms with Crippen LogP contribution < -0.4 is 11.5 Å². The first-order valence-electron chi connectivity index (χ1n) is 9.57. The second kappa shape index (κ2) is 8.13. The maximum atomic E-state index is 13.8. The lowest BCUT2D eigenvalue weighted by molar-refractivity contribution is 0.00829. The minimum absolute atomic E-state index is 0.177. The van der Waals surface area contributed by atoms with E-state index in [1.165, 1.54) is 48.5 Å². The van der Waals surface area contributed by atoms with Crippen LogP contribution in [-0.2, 0) is 0 Å². The molecule has 2 aromatic rings. The van der Waals surface area contributed by atoms with Crippen molar-refractivity contribution >= 4 is 11.6 Å². The third-order valence-electron chi connectivity index (χ3n) is 6.03. The molecule has 29 heavy (non-hydrogen) atoms. The van der Waals surface area contributed by atoms with Crippen molar-refractivity contribution in [1.82, 2.24) is 0 Å². The van der Waals surface area contributed by atoms with E-state index >= 15 is 0 Å². The molecule has 156 valence electrons. The molecule has 0 saturated heterocycles. The number of ketones is 2. The van der Waals surface area contributed by atoms with Crippen LogP contribution in [0.25, 0.3) is 0 Å². The number of halogens is 2. The molecule has 0 aromatic heterocycles. The molecule has 0 heterocycles. The third-order valence-corrected chi connectivity index (χ3v) is 6.03. The van der Waals surface area contributed by atoms with Crippen LogP contribution >= 0.6 is 0 Å². The SMILES string of the molecule is CCCC(C(=O)c1ccc(F)cc1)(C(=O)c1ccc(F)cc1)C(C)(C)C(C)(N)N. The number of rotatable bonds is 8. The number of Topliss-reactive ketones (excluding diaryl/α,β-unsaturated/α-hetero) is 2. The Morgan fingerprint density at radius 3 is 1.41 bits per heavy atom. The van der Waals surface area contributed by atoms with E-state index in [1.807, 2.05) is 6.92 Å². The van der Waals surface area contributed by atoms with Gasteiger partial charge in [-0.25, -0.2) is 8.78 Å². The first-order valence-corrected chi connectivity index (χ1v) is 9.57. The van der Waals surface area contributed by atoms with E-state index in [1.54, 1.807) is 20.8 Å². The second-order valence-corrected chi connectivity index (χ2v) is 8.24. The number of carbonyl (C=O) groups is 2. The van der Waals surface area contributed by atoms with Crippen molar-refractivity contribution in [1.29, 1.82) is 0 Å². The molecular formula is C23H28F2N2O2. The van der Waals surface area contributed by atoms with Gasteiger partial charge in [0.25, 0.3) is 0 Å². The van der Waals surface area contributed by atoms with Gasteiger partial charge in [-0.1, -0.05) is 27.2 Å². The fourth-order valence-electron chi connectivity index (χ4n) is 3.74. The second-order valence-electron chi connectivity index (χ2n) is 8.24. The molecule has 0 fully saturated rings. The Labute approximate surface area is 170 Å². The minimum atomic E-state index is -1.63. The van der Waals surface area contributed by atoms with Crippen LogP contribution in [0.1, 0.15) is 61.3 Å². The molecule has 0 atom stereocenters. The summed E-state index contributed by atoms with van der Waals surface area (Å²) in [7, 11) is 0. The number of hydrogen-bond acceptors (Lipinski definition) is 4.